The quantitative estimate of drug-likeness (QED) is 0.804. The zero-order chi connectivity index (χ0) is 15.2. The number of fused-ring (bicyclic) bond motifs is 3. The summed E-state index contributed by atoms with van der Waals surface area (Å²) < 4.78 is 40.3. The first kappa shape index (κ1) is 14.3. The molecular formula is C14H12ClF3N2O. The monoisotopic (exact) mass is 316 g/mol. The Labute approximate surface area is 123 Å². The molecule has 1 atom stereocenters. The van der Waals surface area contributed by atoms with E-state index in [1.54, 1.807) is 24.3 Å². The summed E-state index contributed by atoms with van der Waals surface area (Å²) in [5.41, 5.74) is 1.33. The molecule has 0 fully saturated rings. The van der Waals surface area contributed by atoms with Crippen molar-refractivity contribution in [2.75, 3.05) is 12.4 Å². The lowest BCUT2D eigenvalue weighted by Crippen LogP contribution is -2.47. The summed E-state index contributed by atoms with van der Waals surface area (Å²) in [4.78, 5) is 15.4. The summed E-state index contributed by atoms with van der Waals surface area (Å²) in [6.45, 7) is 0.0184. The first-order chi connectivity index (χ1) is 9.93. The van der Waals surface area contributed by atoms with Crippen LogP contribution in [0.1, 0.15) is 17.3 Å². The van der Waals surface area contributed by atoms with Gasteiger partial charge < -0.3 is 9.88 Å². The van der Waals surface area contributed by atoms with Crippen molar-refractivity contribution in [1.29, 1.82) is 0 Å². The first-order valence-corrected chi connectivity index (χ1v) is 6.98. The summed E-state index contributed by atoms with van der Waals surface area (Å²) >= 11 is 5.44. The maximum absolute atomic E-state index is 13.4. The number of halogens is 4. The van der Waals surface area contributed by atoms with Crippen molar-refractivity contribution >= 4 is 28.4 Å². The van der Waals surface area contributed by atoms with Gasteiger partial charge in [-0.05, 0) is 18.1 Å². The average molecular weight is 317 g/mol. The van der Waals surface area contributed by atoms with Gasteiger partial charge in [-0.2, -0.15) is 13.2 Å². The predicted octanol–water partition coefficient (Wildman–Crippen LogP) is 3.39. The zero-order valence-corrected chi connectivity index (χ0v) is 11.6. The summed E-state index contributed by atoms with van der Waals surface area (Å²) in [6, 6.07) is 5.11. The topological polar surface area (TPSA) is 36.1 Å². The lowest BCUT2D eigenvalue weighted by atomic mass is 9.97. The van der Waals surface area contributed by atoms with Gasteiger partial charge in [0.2, 0.25) is 5.91 Å². The molecule has 1 aliphatic rings. The maximum atomic E-state index is 13.4. The van der Waals surface area contributed by atoms with Crippen molar-refractivity contribution in [1.82, 2.24) is 9.88 Å². The van der Waals surface area contributed by atoms with Gasteiger partial charge in [0.05, 0.1) is 5.69 Å². The second-order valence-corrected chi connectivity index (χ2v) is 5.24. The smallest absolute Gasteiger partial charge is 0.356 e. The third kappa shape index (κ3) is 2.27. The molecule has 3 nitrogen and oxygen atoms in total. The van der Waals surface area contributed by atoms with E-state index in [4.69, 9.17) is 11.6 Å². The summed E-state index contributed by atoms with van der Waals surface area (Å²) in [5.74, 6) is -1.16. The van der Waals surface area contributed by atoms with Gasteiger partial charge in [0, 0.05) is 17.4 Å². The minimum absolute atomic E-state index is 0.0184. The molecule has 0 saturated carbocycles. The Balaban J connectivity index is 2.18. The predicted molar refractivity (Wildman–Crippen MR) is 73.2 cm³/mol. The molecule has 1 unspecified atom stereocenters. The average Bonchev–Trinajstić information content (AvgIpc) is 2.82. The largest absolute Gasteiger partial charge is 0.414 e. The van der Waals surface area contributed by atoms with Crippen LogP contribution in [0.25, 0.3) is 10.9 Å². The number of carbonyl (C=O) groups excluding carboxylic acids is 1. The molecule has 0 saturated heterocycles. The van der Waals surface area contributed by atoms with Gasteiger partial charge in [-0.15, -0.1) is 11.6 Å². The molecule has 112 valence electrons. The molecule has 1 aliphatic heterocycles. The highest BCUT2D eigenvalue weighted by Crippen LogP contribution is 2.43. The van der Waals surface area contributed by atoms with Gasteiger partial charge in [0.15, 0.2) is 6.04 Å². The number of para-hydroxylation sites is 1. The third-order valence-corrected chi connectivity index (χ3v) is 4.01. The van der Waals surface area contributed by atoms with E-state index in [0.29, 0.717) is 17.5 Å². The summed E-state index contributed by atoms with van der Waals surface area (Å²) in [5, 5.41) is 0.778. The molecule has 1 aromatic carbocycles. The molecular weight excluding hydrogens is 305 g/mol. The van der Waals surface area contributed by atoms with Gasteiger partial charge in [0.25, 0.3) is 0 Å². The SMILES string of the molecule is O=C(CCl)N1CCc2c([nH]c3ccccc23)C1C(F)(F)F. The van der Waals surface area contributed by atoms with Gasteiger partial charge in [-0.1, -0.05) is 18.2 Å². The highest BCUT2D eigenvalue weighted by molar-refractivity contribution is 6.27. The van der Waals surface area contributed by atoms with Crippen LogP contribution in [-0.4, -0.2) is 34.4 Å². The minimum Gasteiger partial charge on any atom is -0.356 e. The number of aromatic amines is 1. The maximum Gasteiger partial charge on any atom is 0.414 e. The first-order valence-electron chi connectivity index (χ1n) is 6.45. The van der Waals surface area contributed by atoms with Crippen molar-refractivity contribution < 1.29 is 18.0 Å². The molecule has 0 aliphatic carbocycles. The van der Waals surface area contributed by atoms with Crippen LogP contribution < -0.4 is 0 Å². The van der Waals surface area contributed by atoms with Crippen LogP contribution in [0, 0.1) is 0 Å². The Kier molecular flexibility index (Phi) is 3.36. The van der Waals surface area contributed by atoms with Crippen molar-refractivity contribution in [3.63, 3.8) is 0 Å². The summed E-state index contributed by atoms with van der Waals surface area (Å²) in [7, 11) is 0. The van der Waals surface area contributed by atoms with Gasteiger partial charge in [-0.3, -0.25) is 4.79 Å². The second-order valence-electron chi connectivity index (χ2n) is 4.98. The van der Waals surface area contributed by atoms with Crippen LogP contribution in [0.3, 0.4) is 0 Å². The Bertz CT molecular complexity index is 695. The molecule has 0 bridgehead atoms. The Morgan fingerprint density at radius 3 is 2.76 bits per heavy atom. The van der Waals surface area contributed by atoms with E-state index in [-0.39, 0.29) is 12.2 Å². The molecule has 3 rings (SSSR count). The van der Waals surface area contributed by atoms with E-state index in [9.17, 15) is 18.0 Å². The lowest BCUT2D eigenvalue weighted by Gasteiger charge is -2.36. The van der Waals surface area contributed by atoms with Crippen molar-refractivity contribution in [3.05, 3.63) is 35.5 Å². The number of amides is 1. The lowest BCUT2D eigenvalue weighted by molar-refractivity contribution is -0.193. The van der Waals surface area contributed by atoms with E-state index in [1.807, 2.05) is 0 Å². The van der Waals surface area contributed by atoms with Crippen molar-refractivity contribution in [2.45, 2.75) is 18.6 Å². The summed E-state index contributed by atoms with van der Waals surface area (Å²) in [6.07, 6.45) is -4.16. The number of nitrogens with zero attached hydrogens (tertiary/aromatic N) is 1. The Hall–Kier alpha value is -1.69. The van der Waals surface area contributed by atoms with Gasteiger partial charge in [0.1, 0.15) is 5.88 Å². The number of rotatable bonds is 1. The number of nitrogens with one attached hydrogen (secondary N) is 1. The van der Waals surface area contributed by atoms with Crippen LogP contribution in [-0.2, 0) is 11.2 Å². The van der Waals surface area contributed by atoms with E-state index >= 15 is 0 Å². The van der Waals surface area contributed by atoms with Gasteiger partial charge >= 0.3 is 6.18 Å². The Morgan fingerprint density at radius 2 is 2.10 bits per heavy atom. The number of alkyl halides is 4. The molecule has 7 heteroatoms. The van der Waals surface area contributed by atoms with Crippen LogP contribution in [0.2, 0.25) is 0 Å². The van der Waals surface area contributed by atoms with E-state index in [0.717, 1.165) is 10.3 Å². The van der Waals surface area contributed by atoms with Crippen molar-refractivity contribution in [2.24, 2.45) is 0 Å². The van der Waals surface area contributed by atoms with E-state index in [1.165, 1.54) is 0 Å². The molecule has 1 amide bonds. The molecule has 2 aromatic rings. The van der Waals surface area contributed by atoms with Crippen LogP contribution >= 0.6 is 11.6 Å². The highest BCUT2D eigenvalue weighted by atomic mass is 35.5. The van der Waals surface area contributed by atoms with Gasteiger partial charge in [-0.25, -0.2) is 0 Å². The molecule has 0 spiro atoms. The van der Waals surface area contributed by atoms with Crippen LogP contribution in [0.15, 0.2) is 24.3 Å². The fraction of sp³-hybridized carbons (Fsp3) is 0.357. The fourth-order valence-corrected chi connectivity index (χ4v) is 3.08. The number of hydrogen-bond donors (Lipinski definition) is 1. The second kappa shape index (κ2) is 4.94. The molecule has 1 N–H and O–H groups in total. The molecule has 21 heavy (non-hydrogen) atoms. The van der Waals surface area contributed by atoms with Crippen molar-refractivity contribution in [3.8, 4) is 0 Å². The minimum atomic E-state index is -4.54. The molecule has 0 radical (unpaired) electrons. The van der Waals surface area contributed by atoms with Crippen LogP contribution in [0.5, 0.6) is 0 Å². The number of carbonyl (C=O) groups is 1. The fourth-order valence-electron chi connectivity index (χ4n) is 2.93. The number of aromatic nitrogens is 1. The Morgan fingerprint density at radius 1 is 1.38 bits per heavy atom. The van der Waals surface area contributed by atoms with Crippen LogP contribution in [0.4, 0.5) is 13.2 Å². The zero-order valence-electron chi connectivity index (χ0n) is 10.9. The number of hydrogen-bond acceptors (Lipinski definition) is 1. The number of H-pyrrole nitrogens is 1. The standard InChI is InChI=1S/C14H12ClF3N2O/c15-7-11(21)20-6-5-9-8-3-1-2-4-10(8)19-12(9)13(20)14(16,17)18/h1-4,13,19H,5-7H2. The van der Waals surface area contributed by atoms with E-state index < -0.39 is 24.0 Å². The molecule has 2 heterocycles. The normalized spacial score (nSPS) is 18.9. The third-order valence-electron chi connectivity index (χ3n) is 3.78. The highest BCUT2D eigenvalue weighted by Gasteiger charge is 2.50. The number of benzene rings is 1. The molecule has 1 aromatic heterocycles. The van der Waals surface area contributed by atoms with E-state index in [2.05, 4.69) is 4.98 Å².